The highest BCUT2D eigenvalue weighted by molar-refractivity contribution is 9.10. The number of carbonyl (C=O) groups is 1. The largest absolute Gasteiger partial charge is 0.331 e. The Balaban J connectivity index is 2.24. The molecule has 0 bridgehead atoms. The van der Waals surface area contributed by atoms with E-state index in [0.717, 1.165) is 21.3 Å². The molecule has 0 aliphatic rings. The fourth-order valence-corrected chi connectivity index (χ4v) is 3.50. The molecule has 0 aliphatic carbocycles. The van der Waals surface area contributed by atoms with Gasteiger partial charge in [0.2, 0.25) is 0 Å². The first kappa shape index (κ1) is 15.3. The summed E-state index contributed by atoms with van der Waals surface area (Å²) in [6.07, 6.45) is 0.946. The van der Waals surface area contributed by atoms with E-state index in [1.807, 2.05) is 34.5 Å². The fourth-order valence-electron chi connectivity index (χ4n) is 2.01. The van der Waals surface area contributed by atoms with Crippen LogP contribution in [0.1, 0.15) is 35.5 Å². The molecule has 0 saturated carbocycles. The number of thiophene rings is 1. The van der Waals surface area contributed by atoms with Crippen LogP contribution in [-0.4, -0.2) is 16.8 Å². The highest BCUT2D eigenvalue weighted by atomic mass is 79.9. The number of rotatable bonds is 5. The normalized spacial score (nSPS) is 12.2. The maximum atomic E-state index is 12.7. The highest BCUT2D eigenvalue weighted by Crippen LogP contribution is 2.26. The summed E-state index contributed by atoms with van der Waals surface area (Å²) in [7, 11) is 0. The first-order valence-electron chi connectivity index (χ1n) is 6.71. The van der Waals surface area contributed by atoms with E-state index < -0.39 is 0 Å². The van der Waals surface area contributed by atoms with Crippen molar-refractivity contribution in [3.8, 4) is 0 Å². The lowest BCUT2D eigenvalue weighted by Gasteiger charge is -2.28. The Hall–Kier alpha value is -1.13. The first-order valence-corrected chi connectivity index (χ1v) is 8.38. The fraction of sp³-hybridized carbons (Fsp3) is 0.312. The van der Waals surface area contributed by atoms with E-state index in [1.165, 1.54) is 11.3 Å². The Bertz CT molecular complexity index is 567. The van der Waals surface area contributed by atoms with Gasteiger partial charge in [0.15, 0.2) is 0 Å². The van der Waals surface area contributed by atoms with Crippen LogP contribution in [0, 0.1) is 0 Å². The maximum Gasteiger partial charge on any atom is 0.265 e. The molecule has 0 spiro atoms. The van der Waals surface area contributed by atoms with E-state index in [1.54, 1.807) is 0 Å². The van der Waals surface area contributed by atoms with Gasteiger partial charge in [-0.05, 0) is 46.3 Å². The van der Waals surface area contributed by atoms with Crippen LogP contribution >= 0.6 is 27.3 Å². The maximum absolute atomic E-state index is 12.7. The highest BCUT2D eigenvalue weighted by Gasteiger charge is 2.23. The first-order chi connectivity index (χ1) is 9.63. The zero-order valence-corrected chi connectivity index (χ0v) is 14.1. The van der Waals surface area contributed by atoms with Crippen molar-refractivity contribution >= 4 is 33.2 Å². The number of hydrogen-bond donors (Lipinski definition) is 0. The topological polar surface area (TPSA) is 20.3 Å². The molecule has 1 unspecified atom stereocenters. The minimum Gasteiger partial charge on any atom is -0.331 e. The lowest BCUT2D eigenvalue weighted by Crippen LogP contribution is -2.37. The molecule has 0 N–H and O–H groups in total. The molecule has 0 fully saturated rings. The van der Waals surface area contributed by atoms with Crippen molar-refractivity contribution in [3.05, 3.63) is 56.7 Å². The number of hydrogen-bond acceptors (Lipinski definition) is 2. The molecule has 2 rings (SSSR count). The smallest absolute Gasteiger partial charge is 0.265 e. The minimum absolute atomic E-state index is 0.102. The summed E-state index contributed by atoms with van der Waals surface area (Å²) in [5.74, 6) is 0.102. The average Bonchev–Trinajstić information content (AvgIpc) is 2.90. The van der Waals surface area contributed by atoms with Crippen LogP contribution in [0.15, 0.2) is 46.3 Å². The molecule has 4 heteroatoms. The molecule has 2 aromatic rings. The van der Waals surface area contributed by atoms with Crippen molar-refractivity contribution in [3.63, 3.8) is 0 Å². The Morgan fingerprint density at radius 3 is 2.55 bits per heavy atom. The molecule has 1 atom stereocenters. The second kappa shape index (κ2) is 7.04. The van der Waals surface area contributed by atoms with Gasteiger partial charge in [0.25, 0.3) is 5.91 Å². The van der Waals surface area contributed by atoms with E-state index >= 15 is 0 Å². The van der Waals surface area contributed by atoms with Gasteiger partial charge in [0.1, 0.15) is 4.88 Å². The summed E-state index contributed by atoms with van der Waals surface area (Å²) in [4.78, 5) is 15.5. The Labute approximate surface area is 132 Å². The summed E-state index contributed by atoms with van der Waals surface area (Å²) < 4.78 is 0.883. The van der Waals surface area contributed by atoms with Crippen molar-refractivity contribution in [1.82, 2.24) is 4.90 Å². The van der Waals surface area contributed by atoms with Crippen LogP contribution in [0.25, 0.3) is 0 Å². The van der Waals surface area contributed by atoms with Crippen LogP contribution in [0.4, 0.5) is 0 Å². The van der Waals surface area contributed by atoms with Crippen molar-refractivity contribution in [2.24, 2.45) is 0 Å². The van der Waals surface area contributed by atoms with Gasteiger partial charge in [0.05, 0.1) is 0 Å². The van der Waals surface area contributed by atoms with Crippen molar-refractivity contribution in [2.45, 2.75) is 32.9 Å². The molecular weight excluding hydrogens is 334 g/mol. The van der Waals surface area contributed by atoms with Crippen LogP contribution in [0.2, 0.25) is 0 Å². The zero-order chi connectivity index (χ0) is 14.5. The van der Waals surface area contributed by atoms with Gasteiger partial charge in [-0.3, -0.25) is 4.79 Å². The van der Waals surface area contributed by atoms with Crippen molar-refractivity contribution < 1.29 is 4.79 Å². The Kier molecular flexibility index (Phi) is 5.38. The molecule has 0 aliphatic heterocycles. The average molecular weight is 352 g/mol. The third-order valence-electron chi connectivity index (χ3n) is 3.39. The molecule has 0 saturated heterocycles. The zero-order valence-electron chi connectivity index (χ0n) is 11.7. The summed E-state index contributed by atoms with van der Waals surface area (Å²) >= 11 is 4.94. The molecule has 1 amide bonds. The lowest BCUT2D eigenvalue weighted by molar-refractivity contribution is 0.0676. The molecular formula is C16H18BrNOS. The number of amides is 1. The van der Waals surface area contributed by atoms with Crippen molar-refractivity contribution in [2.75, 3.05) is 0 Å². The molecule has 2 nitrogen and oxygen atoms in total. The van der Waals surface area contributed by atoms with Crippen molar-refractivity contribution in [1.29, 1.82) is 0 Å². The van der Waals surface area contributed by atoms with Crippen LogP contribution < -0.4 is 0 Å². The van der Waals surface area contributed by atoms with Crippen LogP contribution in [-0.2, 0) is 6.54 Å². The third kappa shape index (κ3) is 3.49. The predicted molar refractivity (Wildman–Crippen MR) is 88.1 cm³/mol. The van der Waals surface area contributed by atoms with Crippen LogP contribution in [0.3, 0.4) is 0 Å². The molecule has 106 valence electrons. The van der Waals surface area contributed by atoms with Gasteiger partial charge in [-0.1, -0.05) is 37.3 Å². The van der Waals surface area contributed by atoms with E-state index in [4.69, 9.17) is 0 Å². The number of nitrogens with zero attached hydrogens (tertiary/aromatic N) is 1. The Morgan fingerprint density at radius 1 is 1.30 bits per heavy atom. The quantitative estimate of drug-likeness (QED) is 0.745. The van der Waals surface area contributed by atoms with Gasteiger partial charge >= 0.3 is 0 Å². The van der Waals surface area contributed by atoms with E-state index in [0.29, 0.717) is 6.54 Å². The van der Waals surface area contributed by atoms with Crippen LogP contribution in [0.5, 0.6) is 0 Å². The van der Waals surface area contributed by atoms with Gasteiger partial charge in [-0.15, -0.1) is 11.3 Å². The number of carbonyl (C=O) groups excluding carboxylic acids is 1. The molecule has 20 heavy (non-hydrogen) atoms. The molecule has 1 heterocycles. The summed E-state index contributed by atoms with van der Waals surface area (Å²) in [6.45, 7) is 4.86. The molecule has 0 radical (unpaired) electrons. The number of halogens is 1. The van der Waals surface area contributed by atoms with E-state index in [-0.39, 0.29) is 11.9 Å². The predicted octanol–water partition coefficient (Wildman–Crippen LogP) is 4.95. The minimum atomic E-state index is 0.102. The second-order valence-corrected chi connectivity index (χ2v) is 6.54. The van der Waals surface area contributed by atoms with Gasteiger partial charge in [-0.25, -0.2) is 0 Å². The summed E-state index contributed by atoms with van der Waals surface area (Å²) in [5, 5.41) is 1.94. The Morgan fingerprint density at radius 2 is 2.00 bits per heavy atom. The van der Waals surface area contributed by atoms with E-state index in [9.17, 15) is 4.79 Å². The SMILES string of the molecule is CCC(C)N(Cc1ccccc1)C(=O)c1sccc1Br. The summed E-state index contributed by atoms with van der Waals surface area (Å²) in [5.41, 5.74) is 1.16. The lowest BCUT2D eigenvalue weighted by atomic mass is 10.1. The summed E-state index contributed by atoms with van der Waals surface area (Å²) in [6, 6.07) is 12.3. The van der Waals surface area contributed by atoms with Gasteiger partial charge in [0, 0.05) is 17.1 Å². The molecule has 1 aromatic carbocycles. The number of benzene rings is 1. The monoisotopic (exact) mass is 351 g/mol. The van der Waals surface area contributed by atoms with E-state index in [2.05, 4.69) is 41.9 Å². The molecule has 1 aromatic heterocycles. The second-order valence-electron chi connectivity index (χ2n) is 4.77. The van der Waals surface area contributed by atoms with Gasteiger partial charge < -0.3 is 4.90 Å². The third-order valence-corrected chi connectivity index (χ3v) is 5.22. The van der Waals surface area contributed by atoms with Gasteiger partial charge in [-0.2, -0.15) is 0 Å². The standard InChI is InChI=1S/C16H18BrNOS/c1-3-12(2)18(11-13-7-5-4-6-8-13)16(19)15-14(17)9-10-20-15/h4-10,12H,3,11H2,1-2H3.